The molecule has 8 nitrogen and oxygen atoms in total. The fraction of sp³-hybridized carbons (Fsp3) is 0.533. The van der Waals surface area contributed by atoms with Crippen LogP contribution in [0.2, 0.25) is 0 Å². The minimum Gasteiger partial charge on any atom is -0.462 e. The van der Waals surface area contributed by atoms with Crippen molar-refractivity contribution in [3.8, 4) is 0 Å². The molecule has 0 amide bonds. The number of aliphatic hydroxyl groups is 4. The average Bonchev–Trinajstić information content (AvgIpc) is 2.56. The monoisotopic (exact) mass is 327 g/mol. The van der Waals surface area contributed by atoms with Crippen molar-refractivity contribution in [2.75, 3.05) is 18.5 Å². The standard InChI is InChI=1S/C15H21NO7/c1-2-22-15(21)8-3-5-9(6-4-8)16-14-13(20)12(19)11(18)10(7-17)23-14/h3-6,10-14,16-20H,2,7H2,1H3/t10?,11-,12+,13+,14+/m1/s1. The van der Waals surface area contributed by atoms with Crippen molar-refractivity contribution in [2.45, 2.75) is 37.6 Å². The number of aliphatic hydroxyl groups excluding tert-OH is 4. The molecule has 0 saturated carbocycles. The summed E-state index contributed by atoms with van der Waals surface area (Å²) in [5.41, 5.74) is 0.911. The first-order valence-electron chi connectivity index (χ1n) is 7.32. The molecule has 1 aliphatic rings. The van der Waals surface area contributed by atoms with Gasteiger partial charge in [-0.2, -0.15) is 0 Å². The van der Waals surface area contributed by atoms with Crippen molar-refractivity contribution in [3.63, 3.8) is 0 Å². The molecule has 0 radical (unpaired) electrons. The lowest BCUT2D eigenvalue weighted by atomic mass is 9.98. The zero-order chi connectivity index (χ0) is 17.0. The predicted molar refractivity (Wildman–Crippen MR) is 79.8 cm³/mol. The highest BCUT2D eigenvalue weighted by molar-refractivity contribution is 5.89. The van der Waals surface area contributed by atoms with E-state index in [0.29, 0.717) is 11.3 Å². The Morgan fingerprint density at radius 2 is 1.83 bits per heavy atom. The Bertz CT molecular complexity index is 519. The van der Waals surface area contributed by atoms with Gasteiger partial charge in [0.2, 0.25) is 0 Å². The van der Waals surface area contributed by atoms with Crippen molar-refractivity contribution < 1.29 is 34.7 Å². The molecule has 8 heteroatoms. The number of carbonyl (C=O) groups is 1. The van der Waals surface area contributed by atoms with E-state index in [1.54, 1.807) is 31.2 Å². The van der Waals surface area contributed by atoms with E-state index in [0.717, 1.165) is 0 Å². The summed E-state index contributed by atoms with van der Waals surface area (Å²) >= 11 is 0. The fourth-order valence-electron chi connectivity index (χ4n) is 2.30. The van der Waals surface area contributed by atoms with Crippen molar-refractivity contribution >= 4 is 11.7 Å². The van der Waals surface area contributed by atoms with Crippen molar-refractivity contribution in [1.29, 1.82) is 0 Å². The molecule has 5 atom stereocenters. The van der Waals surface area contributed by atoms with E-state index in [4.69, 9.17) is 14.6 Å². The number of anilines is 1. The highest BCUT2D eigenvalue weighted by Crippen LogP contribution is 2.23. The molecule has 0 bridgehead atoms. The molecule has 0 aromatic heterocycles. The maximum Gasteiger partial charge on any atom is 0.338 e. The van der Waals surface area contributed by atoms with Gasteiger partial charge in [-0.1, -0.05) is 0 Å². The molecule has 2 rings (SSSR count). The Kier molecular flexibility index (Phi) is 5.91. The maximum atomic E-state index is 11.6. The third-order valence-electron chi connectivity index (χ3n) is 3.60. The highest BCUT2D eigenvalue weighted by Gasteiger charge is 2.43. The van der Waals surface area contributed by atoms with Gasteiger partial charge in [0.15, 0.2) is 6.23 Å². The summed E-state index contributed by atoms with van der Waals surface area (Å²) in [6, 6.07) is 6.27. The molecule has 0 aliphatic carbocycles. The van der Waals surface area contributed by atoms with Gasteiger partial charge in [-0.3, -0.25) is 0 Å². The molecule has 1 aliphatic heterocycles. The van der Waals surface area contributed by atoms with E-state index in [-0.39, 0.29) is 6.61 Å². The van der Waals surface area contributed by atoms with E-state index in [1.807, 2.05) is 0 Å². The number of esters is 1. The second-order valence-corrected chi connectivity index (χ2v) is 5.19. The minimum atomic E-state index is -1.45. The number of hydrogen-bond donors (Lipinski definition) is 5. The number of nitrogens with one attached hydrogen (secondary N) is 1. The lowest BCUT2D eigenvalue weighted by molar-refractivity contribution is -0.221. The Balaban J connectivity index is 2.04. The van der Waals surface area contributed by atoms with Crippen LogP contribution in [0.15, 0.2) is 24.3 Å². The molecule has 1 unspecified atom stereocenters. The van der Waals surface area contributed by atoms with Crippen molar-refractivity contribution in [3.05, 3.63) is 29.8 Å². The van der Waals surface area contributed by atoms with E-state index in [2.05, 4.69) is 5.32 Å². The van der Waals surface area contributed by atoms with Gasteiger partial charge in [0, 0.05) is 5.69 Å². The van der Waals surface area contributed by atoms with Gasteiger partial charge in [0.1, 0.15) is 24.4 Å². The number of rotatable bonds is 5. The van der Waals surface area contributed by atoms with Crippen LogP contribution < -0.4 is 5.32 Å². The van der Waals surface area contributed by atoms with E-state index >= 15 is 0 Å². The summed E-state index contributed by atoms with van der Waals surface area (Å²) in [4.78, 5) is 11.6. The summed E-state index contributed by atoms with van der Waals surface area (Å²) in [7, 11) is 0. The third kappa shape index (κ3) is 3.98. The maximum absolute atomic E-state index is 11.6. The van der Waals surface area contributed by atoms with Gasteiger partial charge in [-0.25, -0.2) is 4.79 Å². The topological polar surface area (TPSA) is 128 Å². The molecule has 128 valence electrons. The molecule has 1 fully saturated rings. The molecular weight excluding hydrogens is 306 g/mol. The van der Waals surface area contributed by atoms with E-state index in [1.165, 1.54) is 0 Å². The van der Waals surface area contributed by atoms with Crippen LogP contribution in [0.25, 0.3) is 0 Å². The van der Waals surface area contributed by atoms with E-state index < -0.39 is 43.2 Å². The third-order valence-corrected chi connectivity index (χ3v) is 3.60. The quantitative estimate of drug-likeness (QED) is 0.439. The predicted octanol–water partition coefficient (Wildman–Crippen LogP) is -0.925. The molecule has 1 heterocycles. The SMILES string of the molecule is CCOC(=O)c1ccc(N[C@H]2OC(CO)[C@@H](O)[C@H](O)[C@@H]2O)cc1. The highest BCUT2D eigenvalue weighted by atomic mass is 16.6. The van der Waals surface area contributed by atoms with Crippen LogP contribution in [0.1, 0.15) is 17.3 Å². The summed E-state index contributed by atoms with van der Waals surface area (Å²) in [5.74, 6) is -0.438. The molecular formula is C15H21NO7. The number of hydrogen-bond acceptors (Lipinski definition) is 8. The first-order valence-corrected chi connectivity index (χ1v) is 7.32. The molecule has 1 aromatic carbocycles. The molecule has 23 heavy (non-hydrogen) atoms. The smallest absolute Gasteiger partial charge is 0.338 e. The average molecular weight is 327 g/mol. The van der Waals surface area contributed by atoms with Gasteiger partial charge >= 0.3 is 5.97 Å². The Hall–Kier alpha value is -1.71. The number of carbonyl (C=O) groups excluding carboxylic acids is 1. The molecule has 0 spiro atoms. The number of ether oxygens (including phenoxy) is 2. The normalized spacial score (nSPS) is 30.7. The van der Waals surface area contributed by atoms with Gasteiger partial charge < -0.3 is 35.2 Å². The number of benzene rings is 1. The van der Waals surface area contributed by atoms with Crippen LogP contribution in [0, 0.1) is 0 Å². The van der Waals surface area contributed by atoms with Crippen LogP contribution in [-0.4, -0.2) is 70.3 Å². The zero-order valence-corrected chi connectivity index (χ0v) is 12.6. The van der Waals surface area contributed by atoms with E-state index in [9.17, 15) is 20.1 Å². The second-order valence-electron chi connectivity index (χ2n) is 5.19. The van der Waals surface area contributed by atoms with Crippen LogP contribution in [0.3, 0.4) is 0 Å². The van der Waals surface area contributed by atoms with Crippen LogP contribution >= 0.6 is 0 Å². The van der Waals surface area contributed by atoms with Crippen LogP contribution in [0.5, 0.6) is 0 Å². The minimum absolute atomic E-state index is 0.281. The molecule has 1 aromatic rings. The Labute approximate surface area is 133 Å². The van der Waals surface area contributed by atoms with Crippen LogP contribution in [0.4, 0.5) is 5.69 Å². The van der Waals surface area contributed by atoms with Crippen LogP contribution in [-0.2, 0) is 9.47 Å². The summed E-state index contributed by atoms with van der Waals surface area (Å²) in [5, 5.41) is 41.4. The molecule has 1 saturated heterocycles. The molecule has 5 N–H and O–H groups in total. The first kappa shape index (κ1) is 17.6. The summed E-state index contributed by atoms with van der Waals surface area (Å²) in [6.07, 6.45) is -6.22. The zero-order valence-electron chi connectivity index (χ0n) is 12.6. The largest absolute Gasteiger partial charge is 0.462 e. The first-order chi connectivity index (χ1) is 11.0. The summed E-state index contributed by atoms with van der Waals surface area (Å²) < 4.78 is 10.2. The van der Waals surface area contributed by atoms with Crippen molar-refractivity contribution in [2.24, 2.45) is 0 Å². The Morgan fingerprint density at radius 1 is 1.17 bits per heavy atom. The van der Waals surface area contributed by atoms with Gasteiger partial charge in [-0.05, 0) is 31.2 Å². The van der Waals surface area contributed by atoms with Gasteiger partial charge in [0.05, 0.1) is 18.8 Å². The second kappa shape index (κ2) is 7.71. The summed E-state index contributed by atoms with van der Waals surface area (Å²) in [6.45, 7) is 1.50. The Morgan fingerprint density at radius 3 is 2.39 bits per heavy atom. The fourth-order valence-corrected chi connectivity index (χ4v) is 2.30. The van der Waals surface area contributed by atoms with Crippen molar-refractivity contribution in [1.82, 2.24) is 0 Å². The van der Waals surface area contributed by atoms with Gasteiger partial charge in [-0.15, -0.1) is 0 Å². The lowest BCUT2D eigenvalue weighted by Crippen LogP contribution is -2.60. The lowest BCUT2D eigenvalue weighted by Gasteiger charge is -2.40. The van der Waals surface area contributed by atoms with Gasteiger partial charge in [0.25, 0.3) is 0 Å².